The number of carbonyl (C=O) groups is 2. The molecule has 0 aliphatic carbocycles. The number of rotatable bonds is 7. The van der Waals surface area contributed by atoms with Crippen molar-refractivity contribution in [1.29, 1.82) is 0 Å². The first-order valence-corrected chi connectivity index (χ1v) is 12.2. The van der Waals surface area contributed by atoms with E-state index < -0.39 is 0 Å². The number of fused-ring (bicyclic) bond motifs is 1. The molecule has 1 aromatic carbocycles. The highest BCUT2D eigenvalue weighted by Crippen LogP contribution is 2.37. The van der Waals surface area contributed by atoms with Crippen LogP contribution >= 0.6 is 11.3 Å². The average Bonchev–Trinajstić information content (AvgIpc) is 3.19. The van der Waals surface area contributed by atoms with Crippen LogP contribution in [0.4, 0.5) is 5.69 Å². The van der Waals surface area contributed by atoms with Gasteiger partial charge in [-0.2, -0.15) is 0 Å². The molecule has 0 saturated carbocycles. The Balaban J connectivity index is 1.58. The molecule has 2 N–H and O–H groups in total. The van der Waals surface area contributed by atoms with Crippen molar-refractivity contribution in [3.63, 3.8) is 0 Å². The Kier molecular flexibility index (Phi) is 7.33. The fourth-order valence-electron chi connectivity index (χ4n) is 4.14. The quantitative estimate of drug-likeness (QED) is 0.512. The van der Waals surface area contributed by atoms with Gasteiger partial charge in [-0.25, -0.2) is 4.98 Å². The van der Waals surface area contributed by atoms with E-state index >= 15 is 0 Å². The van der Waals surface area contributed by atoms with Crippen LogP contribution in [0.15, 0.2) is 36.4 Å². The van der Waals surface area contributed by atoms with Crippen molar-refractivity contribution in [1.82, 2.24) is 14.8 Å². The Morgan fingerprint density at radius 1 is 1.15 bits per heavy atom. The molecule has 1 fully saturated rings. The molecule has 1 aliphatic heterocycles. The van der Waals surface area contributed by atoms with Crippen LogP contribution in [0.5, 0.6) is 5.75 Å². The molecule has 0 radical (unpaired) electrons. The van der Waals surface area contributed by atoms with Crippen molar-refractivity contribution in [2.75, 3.05) is 46.7 Å². The Morgan fingerprint density at radius 2 is 1.91 bits per heavy atom. The molecule has 1 saturated heterocycles. The number of anilines is 1. The van der Waals surface area contributed by atoms with E-state index in [1.165, 1.54) is 16.2 Å². The zero-order chi connectivity index (χ0) is 24.2. The molecule has 34 heavy (non-hydrogen) atoms. The molecule has 180 valence electrons. The fraction of sp³-hybridized carbons (Fsp3) is 0.400. The van der Waals surface area contributed by atoms with Gasteiger partial charge in [0, 0.05) is 38.7 Å². The number of hydrogen-bond acceptors (Lipinski definition) is 7. The van der Waals surface area contributed by atoms with Crippen LogP contribution in [0.2, 0.25) is 0 Å². The molecule has 3 aromatic rings. The van der Waals surface area contributed by atoms with E-state index in [1.54, 1.807) is 33.3 Å². The first-order chi connectivity index (χ1) is 16.4. The van der Waals surface area contributed by atoms with Gasteiger partial charge in [0.2, 0.25) is 0 Å². The highest BCUT2D eigenvalue weighted by Gasteiger charge is 2.30. The molecule has 1 aliphatic rings. The number of nitrogen functional groups attached to an aromatic ring is 1. The van der Waals surface area contributed by atoms with Crippen LogP contribution < -0.4 is 10.5 Å². The van der Waals surface area contributed by atoms with Gasteiger partial charge in [0.15, 0.2) is 0 Å². The van der Waals surface area contributed by atoms with Gasteiger partial charge in [0.1, 0.15) is 22.1 Å². The molecule has 8 nitrogen and oxygen atoms in total. The third-order valence-electron chi connectivity index (χ3n) is 5.98. The maximum absolute atomic E-state index is 13.4. The summed E-state index contributed by atoms with van der Waals surface area (Å²) in [6.07, 6.45) is 2.82. The minimum Gasteiger partial charge on any atom is -0.491 e. The number of amides is 2. The van der Waals surface area contributed by atoms with Gasteiger partial charge >= 0.3 is 0 Å². The summed E-state index contributed by atoms with van der Waals surface area (Å²) >= 11 is 1.30. The fourth-order valence-corrected chi connectivity index (χ4v) is 5.27. The monoisotopic (exact) mass is 482 g/mol. The first kappa shape index (κ1) is 24.0. The van der Waals surface area contributed by atoms with Crippen molar-refractivity contribution >= 4 is 39.1 Å². The molecule has 4 rings (SSSR count). The van der Waals surface area contributed by atoms with Crippen molar-refractivity contribution in [3.05, 3.63) is 52.5 Å². The van der Waals surface area contributed by atoms with Crippen LogP contribution in [0.25, 0.3) is 10.2 Å². The lowest BCUT2D eigenvalue weighted by Gasteiger charge is -2.35. The molecule has 0 unspecified atom stereocenters. The van der Waals surface area contributed by atoms with Gasteiger partial charge in [0.05, 0.1) is 24.0 Å². The number of benzene rings is 1. The number of pyridine rings is 1. The lowest BCUT2D eigenvalue weighted by molar-refractivity contribution is 0.0606. The van der Waals surface area contributed by atoms with Crippen molar-refractivity contribution < 1.29 is 19.1 Å². The Labute approximate surface area is 203 Å². The standard InChI is InChI=1S/C25H30N4O4S/c1-28(2)25(31)22-21(26)18-11-12-19(27-23(18)34-22)20-6-4-5-13-29(20)24(30)16-7-9-17(10-8-16)33-15-14-32-3/h7-12,20H,4-6,13-15,26H2,1-3H3/t20-/m1/s1. The van der Waals surface area contributed by atoms with E-state index in [9.17, 15) is 9.59 Å². The number of carbonyl (C=O) groups excluding carboxylic acids is 2. The Morgan fingerprint density at radius 3 is 2.62 bits per heavy atom. The van der Waals surface area contributed by atoms with Crippen molar-refractivity contribution in [2.24, 2.45) is 0 Å². The summed E-state index contributed by atoms with van der Waals surface area (Å²) < 4.78 is 10.6. The van der Waals surface area contributed by atoms with Gasteiger partial charge in [-0.15, -0.1) is 11.3 Å². The summed E-state index contributed by atoms with van der Waals surface area (Å²) in [5, 5.41) is 0.775. The van der Waals surface area contributed by atoms with Crippen LogP contribution in [-0.4, -0.2) is 67.6 Å². The van der Waals surface area contributed by atoms with Crippen molar-refractivity contribution in [3.8, 4) is 5.75 Å². The summed E-state index contributed by atoms with van der Waals surface area (Å²) in [5.41, 5.74) is 8.15. The molecular weight excluding hydrogens is 452 g/mol. The molecular formula is C25H30N4O4S. The highest BCUT2D eigenvalue weighted by atomic mass is 32.1. The zero-order valence-electron chi connectivity index (χ0n) is 19.7. The topological polar surface area (TPSA) is 98.0 Å². The molecule has 1 atom stereocenters. The second-order valence-corrected chi connectivity index (χ2v) is 9.51. The van der Waals surface area contributed by atoms with Gasteiger partial charge in [-0.1, -0.05) is 0 Å². The Hall–Kier alpha value is -3.17. The number of likely N-dealkylation sites (tertiary alicyclic amines) is 1. The lowest BCUT2D eigenvalue weighted by Crippen LogP contribution is -2.38. The normalized spacial score (nSPS) is 16.0. The van der Waals surface area contributed by atoms with E-state index in [4.69, 9.17) is 20.2 Å². The van der Waals surface area contributed by atoms with Crippen molar-refractivity contribution in [2.45, 2.75) is 25.3 Å². The minimum atomic E-state index is -0.133. The number of ether oxygens (including phenoxy) is 2. The van der Waals surface area contributed by atoms with E-state index in [0.717, 1.165) is 35.2 Å². The van der Waals surface area contributed by atoms with Crippen LogP contribution in [0, 0.1) is 0 Å². The van der Waals surface area contributed by atoms with Crippen LogP contribution in [0.1, 0.15) is 51.0 Å². The molecule has 0 bridgehead atoms. The van der Waals surface area contributed by atoms with Gasteiger partial charge in [0.25, 0.3) is 11.8 Å². The molecule has 2 amide bonds. The number of aromatic nitrogens is 1. The first-order valence-electron chi connectivity index (χ1n) is 11.3. The molecule has 3 heterocycles. The predicted molar refractivity (Wildman–Crippen MR) is 133 cm³/mol. The SMILES string of the molecule is COCCOc1ccc(C(=O)N2CCCC[C@@H]2c2ccc3c(N)c(C(=O)N(C)C)sc3n2)cc1. The number of hydrogen-bond donors (Lipinski definition) is 1. The van der Waals surface area contributed by atoms with E-state index in [1.807, 2.05) is 29.2 Å². The maximum atomic E-state index is 13.4. The van der Waals surface area contributed by atoms with E-state index in [2.05, 4.69) is 0 Å². The summed E-state index contributed by atoms with van der Waals surface area (Å²) in [6, 6.07) is 10.9. The zero-order valence-corrected chi connectivity index (χ0v) is 20.6. The summed E-state index contributed by atoms with van der Waals surface area (Å²) in [4.78, 5) is 35.4. The third-order valence-corrected chi connectivity index (χ3v) is 7.08. The van der Waals surface area contributed by atoms with Gasteiger partial charge in [-0.3, -0.25) is 9.59 Å². The summed E-state index contributed by atoms with van der Waals surface area (Å²) in [5.74, 6) is 0.546. The van der Waals surface area contributed by atoms with E-state index in [-0.39, 0.29) is 17.9 Å². The molecule has 2 aromatic heterocycles. The number of nitrogens with two attached hydrogens (primary N) is 1. The average molecular weight is 483 g/mol. The largest absolute Gasteiger partial charge is 0.491 e. The number of thiophene rings is 1. The number of piperidine rings is 1. The van der Waals surface area contributed by atoms with Crippen LogP contribution in [0.3, 0.4) is 0 Å². The minimum absolute atomic E-state index is 0.0239. The Bertz CT molecular complexity index is 1180. The highest BCUT2D eigenvalue weighted by molar-refractivity contribution is 7.21. The van der Waals surface area contributed by atoms with E-state index in [0.29, 0.717) is 41.6 Å². The van der Waals surface area contributed by atoms with Gasteiger partial charge in [-0.05, 0) is 55.7 Å². The second-order valence-electron chi connectivity index (χ2n) is 8.51. The van der Waals surface area contributed by atoms with Gasteiger partial charge < -0.3 is 25.0 Å². The third kappa shape index (κ3) is 4.85. The number of nitrogens with zero attached hydrogens (tertiary/aromatic N) is 3. The maximum Gasteiger partial charge on any atom is 0.265 e. The molecule has 0 spiro atoms. The van der Waals surface area contributed by atoms with Crippen LogP contribution in [-0.2, 0) is 4.74 Å². The predicted octanol–water partition coefficient (Wildman–Crippen LogP) is 3.97. The summed E-state index contributed by atoms with van der Waals surface area (Å²) in [6.45, 7) is 1.64. The summed E-state index contributed by atoms with van der Waals surface area (Å²) in [7, 11) is 5.03. The molecule has 9 heteroatoms. The smallest absolute Gasteiger partial charge is 0.265 e. The number of methoxy groups -OCH3 is 1. The second kappa shape index (κ2) is 10.4. The lowest BCUT2D eigenvalue weighted by atomic mass is 9.97.